The predicted octanol–water partition coefficient (Wildman–Crippen LogP) is 3.32. The van der Waals surface area contributed by atoms with Crippen LogP contribution in [0.1, 0.15) is 38.7 Å². The van der Waals surface area contributed by atoms with Gasteiger partial charge in [-0.3, -0.25) is 14.4 Å². The molecule has 3 N–H and O–H groups in total. The first kappa shape index (κ1) is 26.0. The van der Waals surface area contributed by atoms with Crippen molar-refractivity contribution >= 4 is 21.6 Å². The summed E-state index contributed by atoms with van der Waals surface area (Å²) in [6.45, 7) is 7.52. The molecule has 1 aliphatic rings. The summed E-state index contributed by atoms with van der Waals surface area (Å²) >= 11 is 0. The number of carbonyl (C=O) groups excluding carboxylic acids is 1. The molecular formula is C25H36N4O4S. The molecule has 1 heterocycles. The molecule has 1 amide bonds. The maximum absolute atomic E-state index is 12.1. The molecule has 0 bridgehead atoms. The number of likely N-dealkylation sites (N-methyl/N-ethyl adjacent to an activating group) is 1. The summed E-state index contributed by atoms with van der Waals surface area (Å²) in [6, 6.07) is 15.1. The van der Waals surface area contributed by atoms with E-state index in [4.69, 9.17) is 4.74 Å². The Kier molecular flexibility index (Phi) is 9.32. The zero-order valence-corrected chi connectivity index (χ0v) is 21.0. The highest BCUT2D eigenvalue weighted by atomic mass is 32.2. The third-order valence-corrected chi connectivity index (χ3v) is 6.43. The average Bonchev–Trinajstić information content (AvgIpc) is 2.80. The lowest BCUT2D eigenvalue weighted by atomic mass is 10.0. The Hall–Kier alpha value is -2.62. The van der Waals surface area contributed by atoms with Crippen LogP contribution in [0.15, 0.2) is 48.5 Å². The lowest BCUT2D eigenvalue weighted by Gasteiger charge is -2.34. The Bertz CT molecular complexity index is 1020. The summed E-state index contributed by atoms with van der Waals surface area (Å²) in [4.78, 5) is 14.6. The Morgan fingerprint density at radius 2 is 1.62 bits per heavy atom. The molecule has 1 unspecified atom stereocenters. The fourth-order valence-electron chi connectivity index (χ4n) is 4.08. The summed E-state index contributed by atoms with van der Waals surface area (Å²) in [5, 5.41) is 6.44. The molecule has 1 atom stereocenters. The first-order chi connectivity index (χ1) is 16.3. The van der Waals surface area contributed by atoms with Crippen molar-refractivity contribution in [2.45, 2.75) is 51.7 Å². The number of amides is 1. The van der Waals surface area contributed by atoms with Crippen LogP contribution in [0, 0.1) is 0 Å². The fraction of sp³-hybridized carbons (Fsp3) is 0.480. The topological polar surface area (TPSA) is 99.8 Å². The second kappa shape index (κ2) is 12.2. The van der Waals surface area contributed by atoms with Crippen molar-refractivity contribution in [2.75, 3.05) is 30.6 Å². The van der Waals surface area contributed by atoms with Gasteiger partial charge in [0.25, 0.3) is 0 Å². The van der Waals surface area contributed by atoms with Crippen LogP contribution in [0.4, 0.5) is 5.69 Å². The number of hydrogen-bond donors (Lipinski definition) is 3. The van der Waals surface area contributed by atoms with Gasteiger partial charge in [0.05, 0.1) is 12.3 Å². The highest BCUT2D eigenvalue weighted by Gasteiger charge is 2.24. The second-order valence-corrected chi connectivity index (χ2v) is 10.5. The molecule has 1 saturated heterocycles. The van der Waals surface area contributed by atoms with Crippen molar-refractivity contribution in [3.8, 4) is 11.5 Å². The van der Waals surface area contributed by atoms with Crippen molar-refractivity contribution in [1.82, 2.24) is 15.5 Å². The van der Waals surface area contributed by atoms with Gasteiger partial charge < -0.3 is 15.4 Å². The first-order valence-electron chi connectivity index (χ1n) is 11.9. The van der Waals surface area contributed by atoms with E-state index in [0.29, 0.717) is 24.0 Å². The predicted molar refractivity (Wildman–Crippen MR) is 136 cm³/mol. The summed E-state index contributed by atoms with van der Waals surface area (Å²) in [6.07, 6.45) is 3.97. The molecule has 0 radical (unpaired) electrons. The lowest BCUT2D eigenvalue weighted by molar-refractivity contribution is -0.123. The number of hydrogen-bond acceptors (Lipinski definition) is 6. The SMILES string of the molecule is CCNC(=O)C(CC)NC1CCN(Cc2ccc(Oc3ccc(NS(C)(=O)=O)cc3)cc2)CC1. The van der Waals surface area contributed by atoms with Crippen LogP contribution in [0.3, 0.4) is 0 Å². The molecule has 34 heavy (non-hydrogen) atoms. The summed E-state index contributed by atoms with van der Waals surface area (Å²) in [5.74, 6) is 1.46. The van der Waals surface area contributed by atoms with Gasteiger partial charge in [-0.25, -0.2) is 8.42 Å². The zero-order valence-electron chi connectivity index (χ0n) is 20.2. The zero-order chi connectivity index (χ0) is 24.6. The molecule has 2 aromatic rings. The summed E-state index contributed by atoms with van der Waals surface area (Å²) in [7, 11) is -3.30. The van der Waals surface area contributed by atoms with Crippen molar-refractivity contribution in [3.05, 3.63) is 54.1 Å². The highest BCUT2D eigenvalue weighted by molar-refractivity contribution is 7.92. The minimum Gasteiger partial charge on any atom is -0.457 e. The molecule has 9 heteroatoms. The van der Waals surface area contributed by atoms with E-state index >= 15 is 0 Å². The summed E-state index contributed by atoms with van der Waals surface area (Å²) in [5.41, 5.74) is 1.72. The largest absolute Gasteiger partial charge is 0.457 e. The number of anilines is 1. The molecule has 0 spiro atoms. The molecule has 0 saturated carbocycles. The van der Waals surface area contributed by atoms with Crippen LogP contribution in [0.2, 0.25) is 0 Å². The van der Waals surface area contributed by atoms with Crippen LogP contribution < -0.4 is 20.1 Å². The van der Waals surface area contributed by atoms with E-state index in [1.54, 1.807) is 24.3 Å². The number of ether oxygens (including phenoxy) is 1. The number of likely N-dealkylation sites (tertiary alicyclic amines) is 1. The normalized spacial score (nSPS) is 16.1. The van der Waals surface area contributed by atoms with Gasteiger partial charge in [0.15, 0.2) is 0 Å². The molecule has 1 aliphatic heterocycles. The van der Waals surface area contributed by atoms with Gasteiger partial charge in [-0.1, -0.05) is 19.1 Å². The Morgan fingerprint density at radius 1 is 1.03 bits per heavy atom. The molecule has 186 valence electrons. The van der Waals surface area contributed by atoms with E-state index in [-0.39, 0.29) is 11.9 Å². The van der Waals surface area contributed by atoms with Crippen molar-refractivity contribution in [2.24, 2.45) is 0 Å². The molecule has 1 fully saturated rings. The third-order valence-electron chi connectivity index (χ3n) is 5.82. The van der Waals surface area contributed by atoms with E-state index in [0.717, 1.165) is 50.9 Å². The number of benzene rings is 2. The number of carbonyl (C=O) groups is 1. The lowest BCUT2D eigenvalue weighted by Crippen LogP contribution is -2.51. The van der Waals surface area contributed by atoms with Crippen LogP contribution in [0.25, 0.3) is 0 Å². The third kappa shape index (κ3) is 8.30. The smallest absolute Gasteiger partial charge is 0.237 e. The fourth-order valence-corrected chi connectivity index (χ4v) is 4.65. The van der Waals surface area contributed by atoms with Gasteiger partial charge in [0.1, 0.15) is 11.5 Å². The first-order valence-corrected chi connectivity index (χ1v) is 13.8. The van der Waals surface area contributed by atoms with Gasteiger partial charge in [-0.2, -0.15) is 0 Å². The minimum absolute atomic E-state index is 0.0938. The van der Waals surface area contributed by atoms with E-state index in [9.17, 15) is 13.2 Å². The maximum Gasteiger partial charge on any atom is 0.237 e. The van der Waals surface area contributed by atoms with Crippen molar-refractivity contribution < 1.29 is 17.9 Å². The van der Waals surface area contributed by atoms with Crippen molar-refractivity contribution in [1.29, 1.82) is 0 Å². The standard InChI is InChI=1S/C25H36N4O4S/c1-4-24(25(30)26-5-2)27-20-14-16-29(17-15-20)18-19-6-10-22(11-7-19)33-23-12-8-21(9-13-23)28-34(3,31)32/h6-13,20,24,27-28H,4-5,14-18H2,1-3H3,(H,26,30). The molecule has 8 nitrogen and oxygen atoms in total. The Morgan fingerprint density at radius 3 is 2.15 bits per heavy atom. The molecule has 0 aromatic heterocycles. The van der Waals surface area contributed by atoms with E-state index < -0.39 is 10.0 Å². The van der Waals surface area contributed by atoms with Gasteiger partial charge in [-0.05, 0) is 81.2 Å². The maximum atomic E-state index is 12.1. The van der Waals surface area contributed by atoms with E-state index in [2.05, 4.69) is 32.4 Å². The minimum atomic E-state index is -3.30. The quantitative estimate of drug-likeness (QED) is 0.449. The molecule has 0 aliphatic carbocycles. The van der Waals surface area contributed by atoms with Crippen LogP contribution in [-0.2, 0) is 21.4 Å². The van der Waals surface area contributed by atoms with Crippen LogP contribution in [0.5, 0.6) is 11.5 Å². The van der Waals surface area contributed by atoms with E-state index in [1.165, 1.54) is 5.56 Å². The number of nitrogens with zero attached hydrogens (tertiary/aromatic N) is 1. The van der Waals surface area contributed by atoms with Gasteiger partial charge in [0.2, 0.25) is 15.9 Å². The van der Waals surface area contributed by atoms with E-state index in [1.807, 2.05) is 26.0 Å². The highest BCUT2D eigenvalue weighted by Crippen LogP contribution is 2.24. The van der Waals surface area contributed by atoms with Gasteiger partial charge in [-0.15, -0.1) is 0 Å². The second-order valence-electron chi connectivity index (χ2n) is 8.72. The molecule has 3 rings (SSSR count). The monoisotopic (exact) mass is 488 g/mol. The average molecular weight is 489 g/mol. The number of piperidine rings is 1. The van der Waals surface area contributed by atoms with Crippen molar-refractivity contribution in [3.63, 3.8) is 0 Å². The molecular weight excluding hydrogens is 452 g/mol. The number of nitrogens with one attached hydrogen (secondary N) is 3. The van der Waals surface area contributed by atoms with Crippen LogP contribution in [-0.4, -0.2) is 57.2 Å². The Balaban J connectivity index is 1.45. The Labute approximate surface area is 203 Å². The molecule has 2 aromatic carbocycles. The number of rotatable bonds is 11. The van der Waals surface area contributed by atoms with Crippen LogP contribution >= 0.6 is 0 Å². The van der Waals surface area contributed by atoms with Gasteiger partial charge >= 0.3 is 0 Å². The summed E-state index contributed by atoms with van der Waals surface area (Å²) < 4.78 is 30.9. The van der Waals surface area contributed by atoms with Gasteiger partial charge in [0, 0.05) is 24.8 Å². The number of sulfonamides is 1.